The second-order valence-corrected chi connectivity index (χ2v) is 6.53. The van der Waals surface area contributed by atoms with E-state index in [9.17, 15) is 0 Å². The van der Waals surface area contributed by atoms with Gasteiger partial charge in [0.1, 0.15) is 0 Å². The minimum absolute atomic E-state index is 0.226. The number of hydrogen-bond acceptors (Lipinski definition) is 2. The zero-order valence-electron chi connectivity index (χ0n) is 13.2. The minimum atomic E-state index is 0.226. The van der Waals surface area contributed by atoms with Gasteiger partial charge in [-0.15, -0.1) is 0 Å². The van der Waals surface area contributed by atoms with Crippen LogP contribution in [-0.2, 0) is 12.0 Å². The maximum Gasteiger partial charge on any atom is 0.0208 e. The lowest BCUT2D eigenvalue weighted by atomic mass is 9.85. The molecule has 1 unspecified atom stereocenters. The van der Waals surface area contributed by atoms with Gasteiger partial charge in [0.15, 0.2) is 0 Å². The highest BCUT2D eigenvalue weighted by molar-refractivity contribution is 5.34. The lowest BCUT2D eigenvalue weighted by molar-refractivity contribution is 0.471. The molecule has 1 aromatic carbocycles. The first-order valence-electron chi connectivity index (χ1n) is 7.39. The van der Waals surface area contributed by atoms with E-state index < -0.39 is 0 Å². The van der Waals surface area contributed by atoms with Crippen LogP contribution in [0.5, 0.6) is 0 Å². The van der Waals surface area contributed by atoms with Gasteiger partial charge in [0.05, 0.1) is 0 Å². The van der Waals surface area contributed by atoms with Crippen molar-refractivity contribution in [1.29, 1.82) is 0 Å². The summed E-state index contributed by atoms with van der Waals surface area (Å²) in [5.41, 5.74) is 10.1. The third-order valence-corrected chi connectivity index (χ3v) is 3.87. The van der Waals surface area contributed by atoms with E-state index in [2.05, 4.69) is 58.1 Å². The summed E-state index contributed by atoms with van der Waals surface area (Å²) >= 11 is 0. The SMILES string of the molecule is CCC(CN)CNCc1ccc(C(C)(C)C)cc1C. The fraction of sp³-hybridized carbons (Fsp3) is 0.647. The molecule has 0 fully saturated rings. The molecule has 3 N–H and O–H groups in total. The first-order chi connectivity index (χ1) is 8.88. The van der Waals surface area contributed by atoms with Crippen molar-refractivity contribution in [1.82, 2.24) is 5.32 Å². The summed E-state index contributed by atoms with van der Waals surface area (Å²) in [5.74, 6) is 0.592. The molecule has 0 bridgehead atoms. The van der Waals surface area contributed by atoms with Crippen LogP contribution in [0.15, 0.2) is 18.2 Å². The van der Waals surface area contributed by atoms with Gasteiger partial charge in [-0.1, -0.05) is 52.3 Å². The van der Waals surface area contributed by atoms with Crippen LogP contribution in [0.3, 0.4) is 0 Å². The Kier molecular flexibility index (Phi) is 6.02. The molecule has 0 aliphatic carbocycles. The Labute approximate surface area is 118 Å². The summed E-state index contributed by atoms with van der Waals surface area (Å²) in [4.78, 5) is 0. The van der Waals surface area contributed by atoms with Gasteiger partial charge < -0.3 is 11.1 Å². The lowest BCUT2D eigenvalue weighted by Crippen LogP contribution is -2.27. The Hall–Kier alpha value is -0.860. The summed E-state index contributed by atoms with van der Waals surface area (Å²) in [5, 5.41) is 3.52. The van der Waals surface area contributed by atoms with E-state index in [1.54, 1.807) is 0 Å². The van der Waals surface area contributed by atoms with Crippen molar-refractivity contribution >= 4 is 0 Å². The molecule has 0 aliphatic heterocycles. The average molecular weight is 262 g/mol. The molecule has 0 saturated heterocycles. The first kappa shape index (κ1) is 16.2. The number of nitrogens with one attached hydrogen (secondary N) is 1. The van der Waals surface area contributed by atoms with Crippen molar-refractivity contribution in [2.75, 3.05) is 13.1 Å². The van der Waals surface area contributed by atoms with Crippen LogP contribution in [0.1, 0.15) is 50.8 Å². The third-order valence-electron chi connectivity index (χ3n) is 3.87. The van der Waals surface area contributed by atoms with E-state index in [0.717, 1.165) is 26.1 Å². The molecule has 0 spiro atoms. The van der Waals surface area contributed by atoms with Crippen molar-refractivity contribution in [3.05, 3.63) is 34.9 Å². The van der Waals surface area contributed by atoms with Crippen molar-refractivity contribution in [3.63, 3.8) is 0 Å². The van der Waals surface area contributed by atoms with E-state index in [4.69, 9.17) is 5.73 Å². The maximum atomic E-state index is 5.72. The van der Waals surface area contributed by atoms with Crippen LogP contribution in [0.25, 0.3) is 0 Å². The second-order valence-electron chi connectivity index (χ2n) is 6.53. The third kappa shape index (κ3) is 4.96. The number of hydrogen-bond donors (Lipinski definition) is 2. The Bertz CT molecular complexity index is 387. The minimum Gasteiger partial charge on any atom is -0.330 e. The number of rotatable bonds is 6. The molecule has 0 aliphatic rings. The van der Waals surface area contributed by atoms with E-state index >= 15 is 0 Å². The molecule has 0 saturated carbocycles. The van der Waals surface area contributed by atoms with Crippen LogP contribution in [0, 0.1) is 12.8 Å². The monoisotopic (exact) mass is 262 g/mol. The van der Waals surface area contributed by atoms with Gasteiger partial charge >= 0.3 is 0 Å². The van der Waals surface area contributed by atoms with E-state index in [1.807, 2.05) is 0 Å². The summed E-state index contributed by atoms with van der Waals surface area (Å²) in [6.45, 7) is 13.9. The highest BCUT2D eigenvalue weighted by Crippen LogP contribution is 2.24. The van der Waals surface area contributed by atoms with E-state index in [0.29, 0.717) is 5.92 Å². The van der Waals surface area contributed by atoms with Gasteiger partial charge in [0.25, 0.3) is 0 Å². The zero-order chi connectivity index (χ0) is 14.5. The fourth-order valence-electron chi connectivity index (χ4n) is 2.17. The molecule has 1 rings (SSSR count). The predicted octanol–water partition coefficient (Wildman–Crippen LogP) is 3.37. The largest absolute Gasteiger partial charge is 0.330 e. The molecular weight excluding hydrogens is 232 g/mol. The Morgan fingerprint density at radius 1 is 1.26 bits per heavy atom. The highest BCUT2D eigenvalue weighted by Gasteiger charge is 2.14. The molecule has 1 aromatic rings. The summed E-state index contributed by atoms with van der Waals surface area (Å²) < 4.78 is 0. The first-order valence-corrected chi connectivity index (χ1v) is 7.39. The average Bonchev–Trinajstić information content (AvgIpc) is 2.35. The van der Waals surface area contributed by atoms with Crippen LogP contribution in [-0.4, -0.2) is 13.1 Å². The molecule has 0 amide bonds. The Balaban J connectivity index is 2.61. The number of aryl methyl sites for hydroxylation is 1. The van der Waals surface area contributed by atoms with Gasteiger partial charge in [-0.2, -0.15) is 0 Å². The van der Waals surface area contributed by atoms with Gasteiger partial charge in [-0.3, -0.25) is 0 Å². The van der Waals surface area contributed by atoms with Gasteiger partial charge in [-0.05, 0) is 48.0 Å². The predicted molar refractivity (Wildman–Crippen MR) is 84.4 cm³/mol. The summed E-state index contributed by atoms with van der Waals surface area (Å²) in [7, 11) is 0. The van der Waals surface area contributed by atoms with Crippen LogP contribution in [0.4, 0.5) is 0 Å². The standard InChI is InChI=1S/C17H30N2/c1-6-14(10-18)11-19-12-15-7-8-16(9-13(15)2)17(3,4)5/h7-9,14,19H,6,10-12,18H2,1-5H3. The van der Waals surface area contributed by atoms with Crippen molar-refractivity contribution in [2.45, 2.75) is 53.0 Å². The van der Waals surface area contributed by atoms with Crippen molar-refractivity contribution < 1.29 is 0 Å². The Morgan fingerprint density at radius 3 is 2.42 bits per heavy atom. The topological polar surface area (TPSA) is 38.0 Å². The number of nitrogens with two attached hydrogens (primary N) is 1. The van der Waals surface area contributed by atoms with Gasteiger partial charge in [0, 0.05) is 6.54 Å². The zero-order valence-corrected chi connectivity index (χ0v) is 13.2. The molecular formula is C17H30N2. The Morgan fingerprint density at radius 2 is 1.95 bits per heavy atom. The molecule has 108 valence electrons. The van der Waals surface area contributed by atoms with Crippen molar-refractivity contribution in [3.8, 4) is 0 Å². The van der Waals surface area contributed by atoms with Gasteiger partial charge in [-0.25, -0.2) is 0 Å². The summed E-state index contributed by atoms with van der Waals surface area (Å²) in [6, 6.07) is 6.83. The summed E-state index contributed by atoms with van der Waals surface area (Å²) in [6.07, 6.45) is 1.14. The molecule has 2 nitrogen and oxygen atoms in total. The van der Waals surface area contributed by atoms with Crippen LogP contribution < -0.4 is 11.1 Å². The normalized spacial score (nSPS) is 13.6. The smallest absolute Gasteiger partial charge is 0.0208 e. The second kappa shape index (κ2) is 7.06. The van der Waals surface area contributed by atoms with Crippen molar-refractivity contribution in [2.24, 2.45) is 11.7 Å². The lowest BCUT2D eigenvalue weighted by Gasteiger charge is -2.21. The molecule has 0 radical (unpaired) electrons. The maximum absolute atomic E-state index is 5.72. The molecule has 0 aromatic heterocycles. The molecule has 19 heavy (non-hydrogen) atoms. The quantitative estimate of drug-likeness (QED) is 0.825. The van der Waals surface area contributed by atoms with Crippen LogP contribution >= 0.6 is 0 Å². The number of benzene rings is 1. The van der Waals surface area contributed by atoms with Gasteiger partial charge in [0.2, 0.25) is 0 Å². The van der Waals surface area contributed by atoms with E-state index in [-0.39, 0.29) is 5.41 Å². The molecule has 0 heterocycles. The molecule has 2 heteroatoms. The van der Waals surface area contributed by atoms with Crippen LogP contribution in [0.2, 0.25) is 0 Å². The highest BCUT2D eigenvalue weighted by atomic mass is 14.9. The fourth-order valence-corrected chi connectivity index (χ4v) is 2.17. The molecule has 1 atom stereocenters. The van der Waals surface area contributed by atoms with E-state index in [1.165, 1.54) is 16.7 Å².